The molecule has 1 N–H and O–H groups in total. The Bertz CT molecular complexity index is 399. The normalized spacial score (nSPS) is 13.1. The van der Waals surface area contributed by atoms with Crippen LogP contribution in [0.15, 0.2) is 24.3 Å². The van der Waals surface area contributed by atoms with E-state index in [1.54, 1.807) is 6.07 Å². The van der Waals surface area contributed by atoms with Crippen LogP contribution in [0, 0.1) is 0 Å². The Hall–Kier alpha value is -1.47. The lowest BCUT2D eigenvalue weighted by Crippen LogP contribution is -2.35. The molecule has 0 spiro atoms. The summed E-state index contributed by atoms with van der Waals surface area (Å²) in [5.74, 6) is -0.331. The Balaban J connectivity index is 2.78. The van der Waals surface area contributed by atoms with Crippen molar-refractivity contribution in [2.45, 2.75) is 19.4 Å². The molecule has 20 heavy (non-hydrogen) atoms. The molecule has 7 heteroatoms. The number of alkyl halides is 3. The van der Waals surface area contributed by atoms with E-state index in [-0.39, 0.29) is 18.1 Å². The first-order valence-corrected chi connectivity index (χ1v) is 6.17. The van der Waals surface area contributed by atoms with Crippen LogP contribution in [0.2, 0.25) is 0 Å². The van der Waals surface area contributed by atoms with E-state index in [9.17, 15) is 13.2 Å². The van der Waals surface area contributed by atoms with Crippen LogP contribution >= 0.6 is 0 Å². The highest BCUT2D eigenvalue weighted by molar-refractivity contribution is 5.39. The van der Waals surface area contributed by atoms with Gasteiger partial charge in [0, 0.05) is 13.7 Å². The first-order valence-electron chi connectivity index (χ1n) is 6.17. The van der Waals surface area contributed by atoms with Gasteiger partial charge in [0.2, 0.25) is 0 Å². The number of para-hydroxylation sites is 2. The topological polar surface area (TPSA) is 39.7 Å². The highest BCUT2D eigenvalue weighted by Gasteiger charge is 2.32. The van der Waals surface area contributed by atoms with Gasteiger partial charge in [0.25, 0.3) is 0 Å². The Kier molecular flexibility index (Phi) is 6.60. The number of benzene rings is 1. The van der Waals surface area contributed by atoms with Crippen molar-refractivity contribution in [3.8, 4) is 11.5 Å². The fourth-order valence-corrected chi connectivity index (χ4v) is 1.56. The molecular formula is C13H18F3NO3. The fourth-order valence-electron chi connectivity index (χ4n) is 1.56. The molecule has 4 nitrogen and oxygen atoms in total. The van der Waals surface area contributed by atoms with Gasteiger partial charge in [-0.25, -0.2) is 0 Å². The highest BCUT2D eigenvalue weighted by Crippen LogP contribution is 2.32. The van der Waals surface area contributed by atoms with Crippen molar-refractivity contribution in [3.63, 3.8) is 0 Å². The number of likely N-dealkylation sites (N-methyl/N-ethyl adjacent to an activating group) is 1. The van der Waals surface area contributed by atoms with E-state index >= 15 is 0 Å². The number of methoxy groups -OCH3 is 1. The Morgan fingerprint density at radius 3 is 2.40 bits per heavy atom. The Morgan fingerprint density at radius 1 is 1.20 bits per heavy atom. The zero-order chi connectivity index (χ0) is 15.0. The van der Waals surface area contributed by atoms with Crippen LogP contribution in [-0.4, -0.2) is 39.3 Å². The smallest absolute Gasteiger partial charge is 0.483 e. The van der Waals surface area contributed by atoms with Gasteiger partial charge in [0.05, 0.1) is 6.61 Å². The zero-order valence-electron chi connectivity index (χ0n) is 11.4. The molecule has 0 bridgehead atoms. The fraction of sp³-hybridized carbons (Fsp3) is 0.538. The van der Waals surface area contributed by atoms with E-state index in [0.29, 0.717) is 6.54 Å². The first kappa shape index (κ1) is 16.6. The van der Waals surface area contributed by atoms with Crippen molar-refractivity contribution in [3.05, 3.63) is 24.3 Å². The summed E-state index contributed by atoms with van der Waals surface area (Å²) < 4.78 is 51.3. The van der Waals surface area contributed by atoms with E-state index < -0.39 is 12.5 Å². The SMILES string of the molecule is CCNCC(COC)Oc1ccccc1OC(F)(F)F. The predicted molar refractivity (Wildman–Crippen MR) is 68.0 cm³/mol. The quantitative estimate of drug-likeness (QED) is 0.799. The van der Waals surface area contributed by atoms with Gasteiger partial charge >= 0.3 is 6.36 Å². The molecule has 0 aliphatic carbocycles. The maximum Gasteiger partial charge on any atom is 0.573 e. The lowest BCUT2D eigenvalue weighted by molar-refractivity contribution is -0.275. The summed E-state index contributed by atoms with van der Waals surface area (Å²) in [6.45, 7) is 3.37. The highest BCUT2D eigenvalue weighted by atomic mass is 19.4. The number of nitrogens with one attached hydrogen (secondary N) is 1. The van der Waals surface area contributed by atoms with Crippen LogP contribution in [0.1, 0.15) is 6.92 Å². The number of hydrogen-bond donors (Lipinski definition) is 1. The second-order valence-corrected chi connectivity index (χ2v) is 4.00. The molecule has 0 fully saturated rings. The molecule has 1 unspecified atom stereocenters. The molecule has 114 valence electrons. The van der Waals surface area contributed by atoms with E-state index in [0.717, 1.165) is 6.54 Å². The monoisotopic (exact) mass is 293 g/mol. The third kappa shape index (κ3) is 6.12. The van der Waals surface area contributed by atoms with Crippen LogP contribution in [-0.2, 0) is 4.74 Å². The third-order valence-electron chi connectivity index (χ3n) is 2.34. The summed E-state index contributed by atoms with van der Waals surface area (Å²) >= 11 is 0. The van der Waals surface area contributed by atoms with Gasteiger partial charge in [0.15, 0.2) is 11.5 Å². The molecule has 0 aliphatic heterocycles. The molecule has 0 heterocycles. The van der Waals surface area contributed by atoms with Crippen molar-refractivity contribution in [1.82, 2.24) is 5.32 Å². The van der Waals surface area contributed by atoms with Crippen LogP contribution in [0.5, 0.6) is 11.5 Å². The minimum atomic E-state index is -4.75. The first-order chi connectivity index (χ1) is 9.46. The minimum Gasteiger partial charge on any atom is -0.483 e. The zero-order valence-corrected chi connectivity index (χ0v) is 11.4. The van der Waals surface area contributed by atoms with Crippen molar-refractivity contribution in [2.24, 2.45) is 0 Å². The summed E-state index contributed by atoms with van der Waals surface area (Å²) in [6, 6.07) is 5.66. The molecule has 0 radical (unpaired) electrons. The maximum absolute atomic E-state index is 12.3. The second kappa shape index (κ2) is 7.96. The van der Waals surface area contributed by atoms with Crippen LogP contribution in [0.3, 0.4) is 0 Å². The maximum atomic E-state index is 12.3. The Labute approximate surface area is 115 Å². The number of rotatable bonds is 8. The molecule has 0 amide bonds. The van der Waals surface area contributed by atoms with Gasteiger partial charge in [-0.1, -0.05) is 19.1 Å². The summed E-state index contributed by atoms with van der Waals surface area (Å²) in [7, 11) is 1.50. The number of ether oxygens (including phenoxy) is 3. The molecule has 1 rings (SSSR count). The average Bonchev–Trinajstić information content (AvgIpc) is 2.37. The van der Waals surface area contributed by atoms with Gasteiger partial charge in [0.1, 0.15) is 6.10 Å². The average molecular weight is 293 g/mol. The standard InChI is InChI=1S/C13H18F3NO3/c1-3-17-8-10(9-18-2)19-11-6-4-5-7-12(11)20-13(14,15)16/h4-7,10,17H,3,8-9H2,1-2H3. The van der Waals surface area contributed by atoms with Crippen molar-refractivity contribution >= 4 is 0 Å². The largest absolute Gasteiger partial charge is 0.573 e. The number of hydrogen-bond acceptors (Lipinski definition) is 4. The molecular weight excluding hydrogens is 275 g/mol. The molecule has 1 aromatic carbocycles. The summed E-state index contributed by atoms with van der Waals surface area (Å²) in [6.07, 6.45) is -5.16. The summed E-state index contributed by atoms with van der Waals surface area (Å²) in [5, 5.41) is 3.05. The van der Waals surface area contributed by atoms with Gasteiger partial charge in [-0.05, 0) is 18.7 Å². The van der Waals surface area contributed by atoms with Crippen LogP contribution < -0.4 is 14.8 Å². The molecule has 0 aromatic heterocycles. The van der Waals surface area contributed by atoms with Gasteiger partial charge in [-0.2, -0.15) is 0 Å². The van der Waals surface area contributed by atoms with Gasteiger partial charge in [-0.3, -0.25) is 0 Å². The van der Waals surface area contributed by atoms with Crippen LogP contribution in [0.4, 0.5) is 13.2 Å². The van der Waals surface area contributed by atoms with E-state index in [4.69, 9.17) is 9.47 Å². The lowest BCUT2D eigenvalue weighted by Gasteiger charge is -2.21. The molecule has 1 atom stereocenters. The van der Waals surface area contributed by atoms with E-state index in [2.05, 4.69) is 10.1 Å². The molecule has 0 saturated carbocycles. The van der Waals surface area contributed by atoms with E-state index in [1.807, 2.05) is 6.92 Å². The molecule has 1 aromatic rings. The molecule has 0 aliphatic rings. The summed E-state index contributed by atoms with van der Waals surface area (Å²) in [5.41, 5.74) is 0. The van der Waals surface area contributed by atoms with E-state index in [1.165, 1.54) is 25.3 Å². The minimum absolute atomic E-state index is 0.0322. The van der Waals surface area contributed by atoms with Gasteiger partial charge < -0.3 is 19.5 Å². The lowest BCUT2D eigenvalue weighted by atomic mass is 10.3. The van der Waals surface area contributed by atoms with Crippen molar-refractivity contribution < 1.29 is 27.4 Å². The Morgan fingerprint density at radius 2 is 1.85 bits per heavy atom. The van der Waals surface area contributed by atoms with Gasteiger partial charge in [-0.15, -0.1) is 13.2 Å². The summed E-state index contributed by atoms with van der Waals surface area (Å²) in [4.78, 5) is 0. The second-order valence-electron chi connectivity index (χ2n) is 4.00. The van der Waals surface area contributed by atoms with Crippen LogP contribution in [0.25, 0.3) is 0 Å². The molecule has 0 saturated heterocycles. The predicted octanol–water partition coefficient (Wildman–Crippen LogP) is 2.59. The number of halogens is 3. The van der Waals surface area contributed by atoms with Crippen molar-refractivity contribution in [2.75, 3.05) is 26.8 Å². The third-order valence-corrected chi connectivity index (χ3v) is 2.34. The van der Waals surface area contributed by atoms with Crippen molar-refractivity contribution in [1.29, 1.82) is 0 Å².